The van der Waals surface area contributed by atoms with Gasteiger partial charge in [0.1, 0.15) is 5.82 Å². The molecule has 114 valence electrons. The zero-order valence-corrected chi connectivity index (χ0v) is 12.5. The Morgan fingerprint density at radius 3 is 2.20 bits per heavy atom. The van der Waals surface area contributed by atoms with Crippen molar-refractivity contribution in [1.29, 1.82) is 0 Å². The molecule has 0 atom stereocenters. The Balaban J connectivity index is 2.88. The Labute approximate surface area is 119 Å². The summed E-state index contributed by atoms with van der Waals surface area (Å²) in [6.07, 6.45) is 0.584. The Kier molecular flexibility index (Phi) is 7.08. The van der Waals surface area contributed by atoms with E-state index in [2.05, 4.69) is 0 Å². The van der Waals surface area contributed by atoms with Crippen LogP contribution in [-0.2, 0) is 19.5 Å². The third kappa shape index (κ3) is 4.82. The quantitative estimate of drug-likeness (QED) is 0.649. The predicted octanol–water partition coefficient (Wildman–Crippen LogP) is 1.50. The minimum absolute atomic E-state index is 0.0763. The van der Waals surface area contributed by atoms with Crippen LogP contribution < -0.4 is 0 Å². The molecule has 0 bridgehead atoms. The molecule has 0 aromatic heterocycles. The number of halogens is 1. The van der Waals surface area contributed by atoms with Gasteiger partial charge in [-0.1, -0.05) is 0 Å². The second kappa shape index (κ2) is 8.31. The van der Waals surface area contributed by atoms with Crippen LogP contribution in [0.4, 0.5) is 4.39 Å². The van der Waals surface area contributed by atoms with Gasteiger partial charge in [-0.25, -0.2) is 12.8 Å². The lowest BCUT2D eigenvalue weighted by molar-refractivity contribution is 0.164. The van der Waals surface area contributed by atoms with E-state index in [1.807, 2.05) is 0 Å². The maximum absolute atomic E-state index is 12.9. The van der Waals surface area contributed by atoms with Crippen molar-refractivity contribution in [2.45, 2.75) is 11.3 Å². The van der Waals surface area contributed by atoms with E-state index in [9.17, 15) is 12.8 Å². The number of methoxy groups -OCH3 is 2. The van der Waals surface area contributed by atoms with Crippen LogP contribution in [0.3, 0.4) is 0 Å². The van der Waals surface area contributed by atoms with Crippen LogP contribution in [0.25, 0.3) is 0 Å². The molecule has 20 heavy (non-hydrogen) atoms. The van der Waals surface area contributed by atoms with Gasteiger partial charge in [0.25, 0.3) is 0 Å². The first kappa shape index (κ1) is 17.0. The maximum atomic E-state index is 12.9. The molecule has 0 N–H and O–H groups in total. The third-order valence-corrected chi connectivity index (χ3v) is 4.67. The van der Waals surface area contributed by atoms with Gasteiger partial charge in [0.2, 0.25) is 10.0 Å². The van der Waals surface area contributed by atoms with Crippen LogP contribution in [0, 0.1) is 5.82 Å². The van der Waals surface area contributed by atoms with E-state index < -0.39 is 15.8 Å². The minimum atomic E-state index is -3.64. The number of hydrogen-bond acceptors (Lipinski definition) is 4. The maximum Gasteiger partial charge on any atom is 0.243 e. The molecular formula is C13H20FNO4S. The molecule has 0 fully saturated rings. The molecule has 0 unspecified atom stereocenters. The molecule has 0 radical (unpaired) electrons. The largest absolute Gasteiger partial charge is 0.385 e. The van der Waals surface area contributed by atoms with Gasteiger partial charge in [0.05, 0.1) is 11.5 Å². The highest BCUT2D eigenvalue weighted by molar-refractivity contribution is 7.89. The van der Waals surface area contributed by atoms with Crippen molar-refractivity contribution >= 4 is 10.0 Å². The van der Waals surface area contributed by atoms with E-state index in [0.29, 0.717) is 26.2 Å². The first-order valence-electron chi connectivity index (χ1n) is 6.26. The van der Waals surface area contributed by atoms with Gasteiger partial charge >= 0.3 is 0 Å². The van der Waals surface area contributed by atoms with Crippen LogP contribution in [0.2, 0.25) is 0 Å². The Morgan fingerprint density at radius 2 is 1.65 bits per heavy atom. The summed E-state index contributed by atoms with van der Waals surface area (Å²) in [6, 6.07) is 4.80. The van der Waals surface area contributed by atoms with Crippen LogP contribution >= 0.6 is 0 Å². The smallest absolute Gasteiger partial charge is 0.243 e. The van der Waals surface area contributed by atoms with Crippen LogP contribution in [-0.4, -0.2) is 53.2 Å². The van der Waals surface area contributed by atoms with Gasteiger partial charge in [-0.15, -0.1) is 0 Å². The third-order valence-electron chi connectivity index (χ3n) is 2.75. The number of sulfonamides is 1. The number of nitrogens with zero attached hydrogens (tertiary/aromatic N) is 1. The van der Waals surface area contributed by atoms with Gasteiger partial charge in [-0.2, -0.15) is 4.31 Å². The summed E-state index contributed by atoms with van der Waals surface area (Å²) in [4.78, 5) is 0.0763. The van der Waals surface area contributed by atoms with E-state index in [0.717, 1.165) is 12.1 Å². The topological polar surface area (TPSA) is 55.8 Å². The summed E-state index contributed by atoms with van der Waals surface area (Å²) in [5.74, 6) is -0.466. The van der Waals surface area contributed by atoms with E-state index in [1.165, 1.54) is 23.5 Å². The van der Waals surface area contributed by atoms with Gasteiger partial charge in [-0.05, 0) is 30.7 Å². The summed E-state index contributed by atoms with van der Waals surface area (Å²) < 4.78 is 49.0. The molecule has 0 aliphatic carbocycles. The molecule has 0 aliphatic heterocycles. The van der Waals surface area contributed by atoms with E-state index in [4.69, 9.17) is 9.47 Å². The molecule has 0 amide bonds. The Bertz CT molecular complexity index is 490. The average Bonchev–Trinajstić information content (AvgIpc) is 2.43. The molecule has 0 aliphatic rings. The minimum Gasteiger partial charge on any atom is -0.385 e. The fraction of sp³-hybridized carbons (Fsp3) is 0.538. The zero-order valence-electron chi connectivity index (χ0n) is 11.7. The number of hydrogen-bond donors (Lipinski definition) is 0. The molecule has 5 nitrogen and oxygen atoms in total. The first-order valence-corrected chi connectivity index (χ1v) is 7.70. The van der Waals surface area contributed by atoms with E-state index in [-0.39, 0.29) is 11.4 Å². The van der Waals surface area contributed by atoms with Gasteiger partial charge in [0, 0.05) is 33.9 Å². The SMILES string of the molecule is COCCCN(CCOC)S(=O)(=O)c1ccc(F)cc1. The summed E-state index contributed by atoms with van der Waals surface area (Å²) in [5, 5.41) is 0. The van der Waals surface area contributed by atoms with Crippen molar-refractivity contribution in [3.05, 3.63) is 30.1 Å². The number of ether oxygens (including phenoxy) is 2. The second-order valence-corrected chi connectivity index (χ2v) is 6.14. The lowest BCUT2D eigenvalue weighted by Gasteiger charge is -2.21. The van der Waals surface area contributed by atoms with E-state index >= 15 is 0 Å². The Morgan fingerprint density at radius 1 is 1.05 bits per heavy atom. The molecule has 0 heterocycles. The lowest BCUT2D eigenvalue weighted by atomic mass is 10.4. The van der Waals surface area contributed by atoms with Crippen molar-refractivity contribution in [2.75, 3.05) is 40.5 Å². The van der Waals surface area contributed by atoms with Gasteiger partial charge < -0.3 is 9.47 Å². The molecule has 1 aromatic rings. The average molecular weight is 305 g/mol. The first-order chi connectivity index (χ1) is 9.52. The summed E-state index contributed by atoms with van der Waals surface area (Å²) >= 11 is 0. The van der Waals surface area contributed by atoms with Crippen molar-refractivity contribution in [3.8, 4) is 0 Å². The summed E-state index contributed by atoms with van der Waals surface area (Å²) in [7, 11) is -0.564. The molecule has 0 saturated heterocycles. The summed E-state index contributed by atoms with van der Waals surface area (Å²) in [5.41, 5.74) is 0. The molecule has 1 rings (SSSR count). The predicted molar refractivity (Wildman–Crippen MR) is 73.5 cm³/mol. The standard InChI is InChI=1S/C13H20FNO4S/c1-18-10-3-8-15(9-11-19-2)20(16,17)13-6-4-12(14)5-7-13/h4-7H,3,8-11H2,1-2H3. The van der Waals surface area contributed by atoms with Crippen molar-refractivity contribution < 1.29 is 22.3 Å². The molecule has 7 heteroatoms. The van der Waals surface area contributed by atoms with Crippen LogP contribution in [0.15, 0.2) is 29.2 Å². The highest BCUT2D eigenvalue weighted by atomic mass is 32.2. The molecule has 1 aromatic carbocycles. The van der Waals surface area contributed by atoms with Gasteiger partial charge in [0.15, 0.2) is 0 Å². The fourth-order valence-corrected chi connectivity index (χ4v) is 3.15. The van der Waals surface area contributed by atoms with E-state index in [1.54, 1.807) is 7.11 Å². The fourth-order valence-electron chi connectivity index (χ4n) is 1.69. The highest BCUT2D eigenvalue weighted by Crippen LogP contribution is 2.16. The van der Waals surface area contributed by atoms with Gasteiger partial charge in [-0.3, -0.25) is 0 Å². The van der Waals surface area contributed by atoms with Crippen molar-refractivity contribution in [2.24, 2.45) is 0 Å². The number of benzene rings is 1. The van der Waals surface area contributed by atoms with Crippen molar-refractivity contribution in [1.82, 2.24) is 4.31 Å². The monoisotopic (exact) mass is 305 g/mol. The molecule has 0 saturated carbocycles. The van der Waals surface area contributed by atoms with Crippen LogP contribution in [0.1, 0.15) is 6.42 Å². The highest BCUT2D eigenvalue weighted by Gasteiger charge is 2.23. The zero-order chi connectivity index (χ0) is 15.0. The number of rotatable bonds is 9. The second-order valence-electron chi connectivity index (χ2n) is 4.20. The van der Waals surface area contributed by atoms with Crippen LogP contribution in [0.5, 0.6) is 0 Å². The normalized spacial score (nSPS) is 12.0. The molecule has 0 spiro atoms. The van der Waals surface area contributed by atoms with Crippen molar-refractivity contribution in [3.63, 3.8) is 0 Å². The Hall–Kier alpha value is -1.02. The summed E-state index contributed by atoms with van der Waals surface area (Å²) in [6.45, 7) is 1.35. The lowest BCUT2D eigenvalue weighted by Crippen LogP contribution is -2.35. The molecular weight excluding hydrogens is 285 g/mol.